The van der Waals surface area contributed by atoms with Gasteiger partial charge in [-0.3, -0.25) is 0 Å². The lowest BCUT2D eigenvalue weighted by Crippen LogP contribution is -2.45. The number of hydrogen-bond donors (Lipinski definition) is 0. The number of halogens is 1. The van der Waals surface area contributed by atoms with Gasteiger partial charge in [-0.05, 0) is 10.4 Å². The van der Waals surface area contributed by atoms with Crippen molar-refractivity contribution in [2.75, 3.05) is 13.3 Å². The molecule has 2 aromatic carbocycles. The smallest absolute Gasteiger partial charge is 0.239 e. The molecule has 1 nitrogen and oxygen atoms in total. The molecule has 0 saturated carbocycles. The number of benzene rings is 2. The van der Waals surface area contributed by atoms with Crippen LogP contribution in [-0.2, 0) is 4.43 Å². The van der Waals surface area contributed by atoms with Crippen molar-refractivity contribution >= 4 is 19.4 Å². The Kier molecular flexibility index (Phi) is 4.47. The van der Waals surface area contributed by atoms with Crippen LogP contribution in [0.4, 0.5) is 4.39 Å². The fourth-order valence-corrected chi connectivity index (χ4v) is 4.04. The Morgan fingerprint density at radius 2 is 1.29 bits per heavy atom. The second-order valence-electron chi connectivity index (χ2n) is 3.76. The van der Waals surface area contributed by atoms with Gasteiger partial charge in [0, 0.05) is 0 Å². The Morgan fingerprint density at radius 3 is 1.71 bits per heavy atom. The van der Waals surface area contributed by atoms with E-state index < -0.39 is 15.7 Å². The van der Waals surface area contributed by atoms with E-state index in [1.54, 1.807) is 0 Å². The van der Waals surface area contributed by atoms with E-state index in [2.05, 4.69) is 24.3 Å². The summed E-state index contributed by atoms with van der Waals surface area (Å²) in [6.07, 6.45) is 0. The molecule has 0 aliphatic rings. The molecule has 88 valence electrons. The third-order valence-electron chi connectivity index (χ3n) is 2.57. The van der Waals surface area contributed by atoms with Gasteiger partial charge in [-0.2, -0.15) is 0 Å². The molecule has 2 rings (SSSR count). The second-order valence-corrected chi connectivity index (χ2v) is 6.19. The lowest BCUT2D eigenvalue weighted by Gasteiger charge is -2.16. The fraction of sp³-hybridized carbons (Fsp3) is 0.143. The Balaban J connectivity index is 2.26. The molecule has 0 saturated heterocycles. The van der Waals surface area contributed by atoms with Gasteiger partial charge in [0.2, 0.25) is 9.04 Å². The van der Waals surface area contributed by atoms with Crippen molar-refractivity contribution in [2.24, 2.45) is 0 Å². The van der Waals surface area contributed by atoms with E-state index in [1.165, 1.54) is 10.4 Å². The summed E-state index contributed by atoms with van der Waals surface area (Å²) in [6, 6.07) is 20.2. The minimum Gasteiger partial charge on any atom is -0.408 e. The third kappa shape index (κ3) is 3.25. The summed E-state index contributed by atoms with van der Waals surface area (Å²) in [4.78, 5) is 0. The standard InChI is InChI=1S/C14H15FOSi/c15-11-12-16-17(13-7-3-1-4-8-13)14-9-5-2-6-10-14/h1-10,17H,11-12H2. The number of hydrogen-bond acceptors (Lipinski definition) is 1. The van der Waals surface area contributed by atoms with E-state index in [4.69, 9.17) is 4.43 Å². The van der Waals surface area contributed by atoms with Crippen LogP contribution in [0.5, 0.6) is 0 Å². The summed E-state index contributed by atoms with van der Waals surface area (Å²) >= 11 is 0. The van der Waals surface area contributed by atoms with Gasteiger partial charge in [0.1, 0.15) is 6.67 Å². The molecule has 0 radical (unpaired) electrons. The van der Waals surface area contributed by atoms with Gasteiger partial charge in [0.15, 0.2) is 0 Å². The van der Waals surface area contributed by atoms with Crippen LogP contribution in [0.3, 0.4) is 0 Å². The summed E-state index contributed by atoms with van der Waals surface area (Å²) in [7, 11) is -1.71. The third-order valence-corrected chi connectivity index (χ3v) is 5.12. The topological polar surface area (TPSA) is 9.23 Å². The lowest BCUT2D eigenvalue weighted by atomic mass is 10.4. The van der Waals surface area contributed by atoms with Crippen LogP contribution in [0.25, 0.3) is 0 Å². The highest BCUT2D eigenvalue weighted by Gasteiger charge is 2.16. The van der Waals surface area contributed by atoms with Crippen molar-refractivity contribution in [3.63, 3.8) is 0 Å². The van der Waals surface area contributed by atoms with Gasteiger partial charge in [0.05, 0.1) is 6.61 Å². The first-order chi connectivity index (χ1) is 8.42. The van der Waals surface area contributed by atoms with Gasteiger partial charge in [-0.15, -0.1) is 0 Å². The van der Waals surface area contributed by atoms with E-state index in [1.807, 2.05) is 36.4 Å². The van der Waals surface area contributed by atoms with Gasteiger partial charge >= 0.3 is 0 Å². The Labute approximate surface area is 103 Å². The Morgan fingerprint density at radius 1 is 0.824 bits per heavy atom. The predicted molar refractivity (Wildman–Crippen MR) is 71.2 cm³/mol. The summed E-state index contributed by atoms with van der Waals surface area (Å²) < 4.78 is 18.0. The summed E-state index contributed by atoms with van der Waals surface area (Å²) in [5.41, 5.74) is 0. The molecular weight excluding hydrogens is 231 g/mol. The molecule has 0 aromatic heterocycles. The molecule has 0 fully saturated rings. The average Bonchev–Trinajstić information content (AvgIpc) is 2.42. The number of alkyl halides is 1. The maximum Gasteiger partial charge on any atom is 0.239 e. The molecule has 0 amide bonds. The summed E-state index contributed by atoms with van der Waals surface area (Å²) in [5, 5.41) is 2.37. The van der Waals surface area contributed by atoms with E-state index in [0.29, 0.717) is 0 Å². The highest BCUT2D eigenvalue weighted by Crippen LogP contribution is 1.94. The first-order valence-electron chi connectivity index (χ1n) is 5.69. The van der Waals surface area contributed by atoms with Crippen LogP contribution in [0.2, 0.25) is 0 Å². The van der Waals surface area contributed by atoms with Crippen molar-refractivity contribution in [3.05, 3.63) is 60.7 Å². The highest BCUT2D eigenvalue weighted by molar-refractivity contribution is 6.80. The van der Waals surface area contributed by atoms with Crippen molar-refractivity contribution in [2.45, 2.75) is 0 Å². The van der Waals surface area contributed by atoms with Crippen molar-refractivity contribution in [1.29, 1.82) is 0 Å². The van der Waals surface area contributed by atoms with Crippen molar-refractivity contribution in [1.82, 2.24) is 0 Å². The minimum absolute atomic E-state index is 0.181. The van der Waals surface area contributed by atoms with Crippen molar-refractivity contribution in [3.8, 4) is 0 Å². The molecule has 0 spiro atoms. The molecular formula is C14H15FOSi. The zero-order valence-electron chi connectivity index (χ0n) is 9.55. The molecule has 0 N–H and O–H groups in total. The Bertz CT molecular complexity index is 393. The minimum atomic E-state index is -1.71. The Hall–Kier alpha value is -1.45. The molecule has 0 aliphatic heterocycles. The normalized spacial score (nSPS) is 10.7. The molecule has 3 heteroatoms. The van der Waals surface area contributed by atoms with Crippen LogP contribution in [-0.4, -0.2) is 22.3 Å². The van der Waals surface area contributed by atoms with E-state index in [0.717, 1.165) is 0 Å². The molecule has 17 heavy (non-hydrogen) atoms. The van der Waals surface area contributed by atoms with Crippen LogP contribution >= 0.6 is 0 Å². The quantitative estimate of drug-likeness (QED) is 0.727. The van der Waals surface area contributed by atoms with E-state index in [-0.39, 0.29) is 6.61 Å². The van der Waals surface area contributed by atoms with Crippen LogP contribution < -0.4 is 10.4 Å². The van der Waals surface area contributed by atoms with Crippen LogP contribution in [0.15, 0.2) is 60.7 Å². The van der Waals surface area contributed by atoms with E-state index in [9.17, 15) is 4.39 Å². The molecule has 0 unspecified atom stereocenters. The lowest BCUT2D eigenvalue weighted by molar-refractivity contribution is 0.283. The van der Waals surface area contributed by atoms with Crippen molar-refractivity contribution < 1.29 is 8.82 Å². The largest absolute Gasteiger partial charge is 0.408 e. The van der Waals surface area contributed by atoms with Gasteiger partial charge in [-0.1, -0.05) is 60.7 Å². The maximum atomic E-state index is 12.3. The zero-order chi connectivity index (χ0) is 11.9. The molecule has 2 aromatic rings. The average molecular weight is 246 g/mol. The van der Waals surface area contributed by atoms with Gasteiger partial charge in [-0.25, -0.2) is 4.39 Å². The van der Waals surface area contributed by atoms with E-state index >= 15 is 0 Å². The molecule has 0 atom stereocenters. The summed E-state index contributed by atoms with van der Waals surface area (Å²) in [5.74, 6) is 0. The van der Waals surface area contributed by atoms with Gasteiger partial charge in [0.25, 0.3) is 0 Å². The molecule has 0 bridgehead atoms. The van der Waals surface area contributed by atoms with Crippen LogP contribution in [0.1, 0.15) is 0 Å². The molecule has 0 aliphatic carbocycles. The molecule has 0 heterocycles. The zero-order valence-corrected chi connectivity index (χ0v) is 10.7. The second kappa shape index (κ2) is 6.32. The highest BCUT2D eigenvalue weighted by atomic mass is 28.3. The predicted octanol–water partition coefficient (Wildman–Crippen LogP) is 1.51. The maximum absolute atomic E-state index is 12.3. The first-order valence-corrected chi connectivity index (χ1v) is 7.32. The SMILES string of the molecule is FCCO[SiH](c1ccccc1)c1ccccc1. The fourth-order valence-electron chi connectivity index (χ4n) is 1.80. The van der Waals surface area contributed by atoms with Gasteiger partial charge < -0.3 is 4.43 Å². The van der Waals surface area contributed by atoms with Crippen LogP contribution in [0, 0.1) is 0 Å². The monoisotopic (exact) mass is 246 g/mol. The first kappa shape index (κ1) is 12.0. The number of rotatable bonds is 5. The summed E-state index contributed by atoms with van der Waals surface area (Å²) in [6.45, 7) is -0.246.